The van der Waals surface area contributed by atoms with Gasteiger partial charge in [-0.3, -0.25) is 0 Å². The number of nitrogens with zero attached hydrogens (tertiary/aromatic N) is 4. The molecule has 158 valence electrons. The molecule has 0 atom stereocenters. The molecule has 1 saturated heterocycles. The molecule has 0 amide bonds. The van der Waals surface area contributed by atoms with Gasteiger partial charge in [0.2, 0.25) is 10.0 Å². The van der Waals surface area contributed by atoms with Gasteiger partial charge >= 0.3 is 0 Å². The predicted molar refractivity (Wildman–Crippen MR) is 122 cm³/mol. The molecule has 2 aromatic carbocycles. The van der Waals surface area contributed by atoms with Crippen molar-refractivity contribution in [3.63, 3.8) is 0 Å². The number of hydrogen-bond donors (Lipinski definition) is 0. The first-order valence-electron chi connectivity index (χ1n) is 10.3. The highest BCUT2D eigenvalue weighted by molar-refractivity contribution is 7.88. The van der Waals surface area contributed by atoms with Crippen molar-refractivity contribution in [2.24, 2.45) is 0 Å². The van der Waals surface area contributed by atoms with Crippen molar-refractivity contribution in [3.8, 4) is 16.8 Å². The van der Waals surface area contributed by atoms with Crippen LogP contribution in [0.25, 0.3) is 16.8 Å². The minimum absolute atomic E-state index is 0.531. The van der Waals surface area contributed by atoms with Gasteiger partial charge in [-0.2, -0.15) is 9.40 Å². The molecule has 1 aliphatic rings. The van der Waals surface area contributed by atoms with Crippen LogP contribution >= 0.6 is 0 Å². The maximum Gasteiger partial charge on any atom is 0.211 e. The summed E-state index contributed by atoms with van der Waals surface area (Å²) in [6.07, 6.45) is 2.17. The highest BCUT2D eigenvalue weighted by Crippen LogP contribution is 2.31. The third-order valence-electron chi connectivity index (χ3n) is 5.72. The summed E-state index contributed by atoms with van der Waals surface area (Å²) in [4.78, 5) is 2.24. The molecule has 0 unspecified atom stereocenters. The van der Waals surface area contributed by atoms with Gasteiger partial charge < -0.3 is 4.90 Å². The van der Waals surface area contributed by atoms with E-state index >= 15 is 0 Å². The Kier molecular flexibility index (Phi) is 5.66. The molecule has 0 aliphatic carbocycles. The summed E-state index contributed by atoms with van der Waals surface area (Å²) < 4.78 is 27.0. The summed E-state index contributed by atoms with van der Waals surface area (Å²) in [5, 5.41) is 4.82. The van der Waals surface area contributed by atoms with Crippen LogP contribution in [0, 0.1) is 6.92 Å². The number of para-hydroxylation sites is 1. The van der Waals surface area contributed by atoms with Crippen LogP contribution in [0.15, 0.2) is 54.6 Å². The number of rotatable bonds is 5. The molecule has 1 aliphatic heterocycles. The second-order valence-corrected chi connectivity index (χ2v) is 9.69. The lowest BCUT2D eigenvalue weighted by Crippen LogP contribution is -2.48. The summed E-state index contributed by atoms with van der Waals surface area (Å²) in [6, 6.07) is 18.8. The maximum absolute atomic E-state index is 11.7. The predicted octanol–water partition coefficient (Wildman–Crippen LogP) is 3.49. The molecule has 1 fully saturated rings. The Bertz CT molecular complexity index is 1110. The van der Waals surface area contributed by atoms with E-state index in [0.717, 1.165) is 29.1 Å². The van der Waals surface area contributed by atoms with E-state index in [2.05, 4.69) is 55.1 Å². The van der Waals surface area contributed by atoms with E-state index in [4.69, 9.17) is 5.10 Å². The molecular formula is C23H28N4O2S. The van der Waals surface area contributed by atoms with Crippen molar-refractivity contribution in [3.05, 3.63) is 66.0 Å². The highest BCUT2D eigenvalue weighted by atomic mass is 32.2. The molecule has 0 spiro atoms. The number of piperazine rings is 1. The molecule has 4 rings (SSSR count). The quantitative estimate of drug-likeness (QED) is 0.629. The van der Waals surface area contributed by atoms with Gasteiger partial charge in [0.25, 0.3) is 0 Å². The Morgan fingerprint density at radius 2 is 1.53 bits per heavy atom. The average Bonchev–Trinajstić information content (AvgIpc) is 3.10. The molecule has 0 bridgehead atoms. The third kappa shape index (κ3) is 4.00. The molecule has 0 N–H and O–H groups in total. The van der Waals surface area contributed by atoms with Crippen LogP contribution in [0.4, 0.5) is 5.69 Å². The summed E-state index contributed by atoms with van der Waals surface area (Å²) in [6.45, 7) is 6.70. The van der Waals surface area contributed by atoms with Crippen LogP contribution in [0.5, 0.6) is 0 Å². The third-order valence-corrected chi connectivity index (χ3v) is 7.02. The van der Waals surface area contributed by atoms with Crippen molar-refractivity contribution >= 4 is 15.7 Å². The topological polar surface area (TPSA) is 58.4 Å². The van der Waals surface area contributed by atoms with E-state index in [-0.39, 0.29) is 0 Å². The summed E-state index contributed by atoms with van der Waals surface area (Å²) in [5.74, 6) is 0. The smallest absolute Gasteiger partial charge is 0.211 e. The zero-order valence-electron chi connectivity index (χ0n) is 17.7. The highest BCUT2D eigenvalue weighted by Gasteiger charge is 2.23. The van der Waals surface area contributed by atoms with Crippen molar-refractivity contribution in [2.45, 2.75) is 20.3 Å². The monoisotopic (exact) mass is 424 g/mol. The molecule has 6 nitrogen and oxygen atoms in total. The number of anilines is 1. The lowest BCUT2D eigenvalue weighted by molar-refractivity contribution is 0.388. The first kappa shape index (κ1) is 20.6. The molecule has 0 radical (unpaired) electrons. The maximum atomic E-state index is 11.7. The Hall–Kier alpha value is -2.64. The Morgan fingerprint density at radius 3 is 2.10 bits per heavy atom. The summed E-state index contributed by atoms with van der Waals surface area (Å²) in [7, 11) is -3.11. The van der Waals surface area contributed by atoms with Crippen molar-refractivity contribution in [2.75, 3.05) is 37.3 Å². The van der Waals surface area contributed by atoms with Gasteiger partial charge in [0.15, 0.2) is 0 Å². The number of aromatic nitrogens is 2. The van der Waals surface area contributed by atoms with Crippen LogP contribution in [0.2, 0.25) is 0 Å². The fourth-order valence-corrected chi connectivity index (χ4v) is 5.00. The summed E-state index contributed by atoms with van der Waals surface area (Å²) >= 11 is 0. The largest absolute Gasteiger partial charge is 0.369 e. The lowest BCUT2D eigenvalue weighted by Gasteiger charge is -2.34. The van der Waals surface area contributed by atoms with E-state index in [9.17, 15) is 8.42 Å². The van der Waals surface area contributed by atoms with Crippen molar-refractivity contribution < 1.29 is 8.42 Å². The van der Waals surface area contributed by atoms with Crippen molar-refractivity contribution in [1.29, 1.82) is 0 Å². The molecule has 7 heteroatoms. The lowest BCUT2D eigenvalue weighted by atomic mass is 10.0. The number of hydrogen-bond acceptors (Lipinski definition) is 4. The van der Waals surface area contributed by atoms with Gasteiger partial charge in [-0.15, -0.1) is 0 Å². The van der Waals surface area contributed by atoms with E-state index in [1.807, 2.05) is 22.9 Å². The van der Waals surface area contributed by atoms with E-state index < -0.39 is 10.0 Å². The normalized spacial score (nSPS) is 15.5. The molecule has 3 aromatic rings. The van der Waals surface area contributed by atoms with Crippen LogP contribution < -0.4 is 4.90 Å². The van der Waals surface area contributed by atoms with Gasteiger partial charge in [0, 0.05) is 37.4 Å². The Labute approximate surface area is 178 Å². The Morgan fingerprint density at radius 1 is 0.900 bits per heavy atom. The molecule has 30 heavy (non-hydrogen) atoms. The van der Waals surface area contributed by atoms with Gasteiger partial charge in [-0.25, -0.2) is 13.1 Å². The van der Waals surface area contributed by atoms with E-state index in [1.54, 1.807) is 4.31 Å². The molecule has 1 aromatic heterocycles. The number of aryl methyl sites for hydroxylation is 1. The van der Waals surface area contributed by atoms with Gasteiger partial charge in [-0.1, -0.05) is 37.3 Å². The summed E-state index contributed by atoms with van der Waals surface area (Å²) in [5.41, 5.74) is 6.76. The first-order valence-corrected chi connectivity index (χ1v) is 12.2. The average molecular weight is 425 g/mol. The zero-order chi connectivity index (χ0) is 21.3. The number of sulfonamides is 1. The fraction of sp³-hybridized carbons (Fsp3) is 0.348. The SMILES string of the molecule is CCc1c(-c2ccc(N3CCN(S(C)(=O)=O)CC3)cc2)c(C)nn1-c1ccccc1. The van der Waals surface area contributed by atoms with Crippen LogP contribution in [-0.4, -0.2) is 54.9 Å². The van der Waals surface area contributed by atoms with Crippen LogP contribution in [0.1, 0.15) is 18.3 Å². The Balaban J connectivity index is 1.59. The van der Waals surface area contributed by atoms with E-state index in [0.29, 0.717) is 26.2 Å². The second kappa shape index (κ2) is 8.24. The van der Waals surface area contributed by atoms with E-state index in [1.165, 1.54) is 17.5 Å². The van der Waals surface area contributed by atoms with Gasteiger partial charge in [0.1, 0.15) is 0 Å². The fourth-order valence-electron chi connectivity index (χ4n) is 4.18. The zero-order valence-corrected chi connectivity index (χ0v) is 18.6. The van der Waals surface area contributed by atoms with Gasteiger partial charge in [0.05, 0.1) is 23.3 Å². The van der Waals surface area contributed by atoms with Crippen LogP contribution in [-0.2, 0) is 16.4 Å². The molecule has 0 saturated carbocycles. The standard InChI is InChI=1S/C23H28N4O2S/c1-4-22-23(18(2)24-27(22)21-8-6-5-7-9-21)19-10-12-20(13-11-19)25-14-16-26(17-15-25)30(3,28)29/h5-13H,4,14-17H2,1-3H3. The van der Waals surface area contributed by atoms with Crippen LogP contribution in [0.3, 0.4) is 0 Å². The van der Waals surface area contributed by atoms with Crippen molar-refractivity contribution in [1.82, 2.24) is 14.1 Å². The number of benzene rings is 2. The molecular weight excluding hydrogens is 396 g/mol. The van der Waals surface area contributed by atoms with Gasteiger partial charge in [-0.05, 0) is 43.2 Å². The molecule has 2 heterocycles. The first-order chi connectivity index (χ1) is 14.4. The minimum Gasteiger partial charge on any atom is -0.369 e. The minimum atomic E-state index is -3.11. The second-order valence-electron chi connectivity index (χ2n) is 7.70.